The lowest BCUT2D eigenvalue weighted by molar-refractivity contribution is 0.517. The molecule has 62 valence electrons. The molecule has 0 saturated heterocycles. The van der Waals surface area contributed by atoms with Gasteiger partial charge in [0.25, 0.3) is 0 Å². The summed E-state index contributed by atoms with van der Waals surface area (Å²) < 4.78 is 0. The van der Waals surface area contributed by atoms with Gasteiger partial charge in [-0.2, -0.15) is 0 Å². The maximum atomic E-state index is 3.43. The van der Waals surface area contributed by atoms with Crippen molar-refractivity contribution in [2.75, 3.05) is 0 Å². The third-order valence-corrected chi connectivity index (χ3v) is 2.57. The zero-order valence-corrected chi connectivity index (χ0v) is 7.29. The Morgan fingerprint density at radius 3 is 2.67 bits per heavy atom. The molecule has 0 aliphatic heterocycles. The van der Waals surface area contributed by atoms with Gasteiger partial charge in [0.2, 0.25) is 0 Å². The van der Waals surface area contributed by atoms with Crippen LogP contribution in [0.3, 0.4) is 0 Å². The van der Waals surface area contributed by atoms with Crippen LogP contribution in [0.15, 0.2) is 30.3 Å². The molecule has 0 heterocycles. The number of hydrogen-bond acceptors (Lipinski definition) is 0. The van der Waals surface area contributed by atoms with Crippen LogP contribution in [0.5, 0.6) is 0 Å². The second-order valence-electron chi connectivity index (χ2n) is 3.45. The maximum Gasteiger partial charge on any atom is -0.0156 e. The van der Waals surface area contributed by atoms with Crippen molar-refractivity contribution in [1.29, 1.82) is 0 Å². The monoisotopic (exact) mass is 158 g/mol. The molecule has 0 heteroatoms. The van der Waals surface area contributed by atoms with Crippen LogP contribution in [0, 0.1) is 6.42 Å². The molecule has 1 aromatic rings. The van der Waals surface area contributed by atoms with E-state index in [9.17, 15) is 0 Å². The minimum Gasteiger partial charge on any atom is -0.0622 e. The summed E-state index contributed by atoms with van der Waals surface area (Å²) in [5, 5.41) is 0. The molecule has 2 rings (SSSR count). The highest BCUT2D eigenvalue weighted by molar-refractivity contribution is 5.20. The molecule has 0 N–H and O–H groups in total. The average molecular weight is 158 g/mol. The SMILES string of the molecule is [C]1CCCC(c2ccccc2)C1. The minimum absolute atomic E-state index is 0.750. The van der Waals surface area contributed by atoms with Crippen molar-refractivity contribution in [3.05, 3.63) is 42.3 Å². The van der Waals surface area contributed by atoms with Crippen LogP contribution >= 0.6 is 0 Å². The number of benzene rings is 1. The van der Waals surface area contributed by atoms with Crippen molar-refractivity contribution >= 4 is 0 Å². The Hall–Kier alpha value is -0.780. The van der Waals surface area contributed by atoms with Crippen LogP contribution < -0.4 is 0 Å². The highest BCUT2D eigenvalue weighted by Gasteiger charge is 2.14. The van der Waals surface area contributed by atoms with Crippen LogP contribution in [0.4, 0.5) is 0 Å². The fraction of sp³-hybridized carbons (Fsp3) is 0.417. The summed E-state index contributed by atoms with van der Waals surface area (Å²) in [6.45, 7) is 0. The van der Waals surface area contributed by atoms with E-state index < -0.39 is 0 Å². The summed E-state index contributed by atoms with van der Waals surface area (Å²) in [5.74, 6) is 0.750. The molecule has 1 unspecified atom stereocenters. The molecule has 1 fully saturated rings. The predicted octanol–water partition coefficient (Wildman–Crippen LogP) is 3.43. The van der Waals surface area contributed by atoms with Crippen LogP contribution in [-0.4, -0.2) is 0 Å². The standard InChI is InChI=1S/C12H14/c1-3-7-11(8-4-1)12-9-5-2-6-10-12/h1,3-4,7-8,12H,2,5,9-10H2. The van der Waals surface area contributed by atoms with E-state index >= 15 is 0 Å². The van der Waals surface area contributed by atoms with Gasteiger partial charge in [0.05, 0.1) is 0 Å². The van der Waals surface area contributed by atoms with Gasteiger partial charge in [-0.15, -0.1) is 0 Å². The predicted molar refractivity (Wildman–Crippen MR) is 50.9 cm³/mol. The summed E-state index contributed by atoms with van der Waals surface area (Å²) >= 11 is 0. The van der Waals surface area contributed by atoms with Crippen molar-refractivity contribution in [3.8, 4) is 0 Å². The molecule has 1 atom stereocenters. The molecule has 1 aliphatic carbocycles. The van der Waals surface area contributed by atoms with Crippen molar-refractivity contribution < 1.29 is 0 Å². The van der Waals surface area contributed by atoms with E-state index in [0.717, 1.165) is 12.3 Å². The largest absolute Gasteiger partial charge is 0.0622 e. The van der Waals surface area contributed by atoms with Crippen molar-refractivity contribution in [1.82, 2.24) is 0 Å². The lowest BCUT2D eigenvalue weighted by Crippen LogP contribution is -2.04. The van der Waals surface area contributed by atoms with Crippen LogP contribution in [0.25, 0.3) is 0 Å². The van der Waals surface area contributed by atoms with Gasteiger partial charge in [0, 0.05) is 0 Å². The lowest BCUT2D eigenvalue weighted by Gasteiger charge is -2.21. The molecular formula is C12H14. The molecule has 0 spiro atoms. The van der Waals surface area contributed by atoms with Gasteiger partial charge in [0.1, 0.15) is 0 Å². The van der Waals surface area contributed by atoms with E-state index in [2.05, 4.69) is 36.8 Å². The first-order chi connectivity index (χ1) is 5.97. The Morgan fingerprint density at radius 2 is 2.00 bits per heavy atom. The molecule has 1 aliphatic rings. The minimum atomic E-state index is 0.750. The maximum absolute atomic E-state index is 3.43. The van der Waals surface area contributed by atoms with E-state index in [4.69, 9.17) is 0 Å². The molecule has 1 saturated carbocycles. The zero-order chi connectivity index (χ0) is 8.23. The number of hydrogen-bond donors (Lipinski definition) is 0. The Bertz CT molecular complexity index is 219. The highest BCUT2D eigenvalue weighted by Crippen LogP contribution is 2.31. The van der Waals surface area contributed by atoms with Crippen molar-refractivity contribution in [2.24, 2.45) is 0 Å². The third kappa shape index (κ3) is 1.69. The molecule has 2 radical (unpaired) electrons. The van der Waals surface area contributed by atoms with E-state index in [-0.39, 0.29) is 0 Å². The molecule has 1 aromatic carbocycles. The van der Waals surface area contributed by atoms with Gasteiger partial charge < -0.3 is 0 Å². The van der Waals surface area contributed by atoms with E-state index in [1.165, 1.54) is 24.8 Å². The highest BCUT2D eigenvalue weighted by atomic mass is 14.2. The first kappa shape index (κ1) is 7.85. The Labute approximate surface area is 74.6 Å². The first-order valence-electron chi connectivity index (χ1n) is 4.72. The second kappa shape index (κ2) is 3.75. The summed E-state index contributed by atoms with van der Waals surface area (Å²) in [6.07, 6.45) is 8.45. The van der Waals surface area contributed by atoms with Gasteiger partial charge in [-0.05, 0) is 37.2 Å². The van der Waals surface area contributed by atoms with Crippen molar-refractivity contribution in [3.63, 3.8) is 0 Å². The topological polar surface area (TPSA) is 0 Å². The Balaban J connectivity index is 2.08. The molecule has 12 heavy (non-hydrogen) atoms. The summed E-state index contributed by atoms with van der Waals surface area (Å²) in [6, 6.07) is 10.8. The van der Waals surface area contributed by atoms with Gasteiger partial charge in [0.15, 0.2) is 0 Å². The molecule has 0 aromatic heterocycles. The van der Waals surface area contributed by atoms with Crippen LogP contribution in [-0.2, 0) is 0 Å². The van der Waals surface area contributed by atoms with Gasteiger partial charge >= 0.3 is 0 Å². The molecule has 0 bridgehead atoms. The summed E-state index contributed by atoms with van der Waals surface area (Å²) in [4.78, 5) is 0. The third-order valence-electron chi connectivity index (χ3n) is 2.57. The van der Waals surface area contributed by atoms with Crippen LogP contribution in [0.1, 0.15) is 37.2 Å². The average Bonchev–Trinajstić information content (AvgIpc) is 2.21. The van der Waals surface area contributed by atoms with Gasteiger partial charge in [-0.3, -0.25) is 0 Å². The van der Waals surface area contributed by atoms with E-state index in [0.29, 0.717) is 0 Å². The Kier molecular flexibility index (Phi) is 2.45. The molecule has 0 amide bonds. The lowest BCUT2D eigenvalue weighted by atomic mass is 9.84. The fourth-order valence-corrected chi connectivity index (χ4v) is 1.86. The zero-order valence-electron chi connectivity index (χ0n) is 7.29. The quantitative estimate of drug-likeness (QED) is 0.587. The van der Waals surface area contributed by atoms with Crippen molar-refractivity contribution in [2.45, 2.75) is 31.6 Å². The van der Waals surface area contributed by atoms with Gasteiger partial charge in [-0.1, -0.05) is 36.8 Å². The fourth-order valence-electron chi connectivity index (χ4n) is 1.86. The van der Waals surface area contributed by atoms with Gasteiger partial charge in [-0.25, -0.2) is 0 Å². The molecular weight excluding hydrogens is 144 g/mol. The second-order valence-corrected chi connectivity index (χ2v) is 3.45. The smallest absolute Gasteiger partial charge is 0.0156 e. The molecule has 0 nitrogen and oxygen atoms in total. The summed E-state index contributed by atoms with van der Waals surface area (Å²) in [7, 11) is 0. The van der Waals surface area contributed by atoms with Crippen LogP contribution in [0.2, 0.25) is 0 Å². The summed E-state index contributed by atoms with van der Waals surface area (Å²) in [5.41, 5.74) is 1.49. The normalized spacial score (nSPS) is 19.3. The van der Waals surface area contributed by atoms with E-state index in [1.54, 1.807) is 0 Å². The Morgan fingerprint density at radius 1 is 1.17 bits per heavy atom. The number of rotatable bonds is 1. The van der Waals surface area contributed by atoms with E-state index in [1.807, 2.05) is 0 Å². The first-order valence-corrected chi connectivity index (χ1v) is 4.72.